The van der Waals surface area contributed by atoms with Crippen molar-refractivity contribution in [1.29, 1.82) is 0 Å². The second kappa shape index (κ2) is 6.11. The second-order valence-electron chi connectivity index (χ2n) is 4.37. The first-order chi connectivity index (χ1) is 8.41. The Morgan fingerprint density at radius 3 is 2.61 bits per heavy atom. The molecule has 6 heteroatoms. The Labute approximate surface area is 106 Å². The average Bonchev–Trinajstić information content (AvgIpc) is 2.27. The molecule has 0 fully saturated rings. The van der Waals surface area contributed by atoms with Crippen LogP contribution in [-0.4, -0.2) is 36.4 Å². The Hall–Kier alpha value is -1.95. The van der Waals surface area contributed by atoms with Crippen molar-refractivity contribution in [1.82, 2.24) is 4.90 Å². The third-order valence-electron chi connectivity index (χ3n) is 2.62. The van der Waals surface area contributed by atoms with E-state index in [1.807, 2.05) is 19.0 Å². The van der Waals surface area contributed by atoms with E-state index in [0.717, 1.165) is 13.0 Å². The minimum absolute atomic E-state index is 0.0140. The van der Waals surface area contributed by atoms with Crippen LogP contribution in [0.2, 0.25) is 0 Å². The van der Waals surface area contributed by atoms with Crippen molar-refractivity contribution < 1.29 is 9.72 Å². The maximum absolute atomic E-state index is 11.2. The highest BCUT2D eigenvalue weighted by Gasteiger charge is 2.13. The van der Waals surface area contributed by atoms with Gasteiger partial charge in [0.15, 0.2) is 0 Å². The van der Waals surface area contributed by atoms with Crippen molar-refractivity contribution in [3.63, 3.8) is 0 Å². The van der Waals surface area contributed by atoms with Crippen molar-refractivity contribution in [3.05, 3.63) is 39.4 Å². The number of nitro benzene ring substituents is 1. The number of rotatable bonds is 6. The molecule has 98 valence electrons. The van der Waals surface area contributed by atoms with E-state index < -0.39 is 10.8 Å². The summed E-state index contributed by atoms with van der Waals surface area (Å²) in [5, 5.41) is 10.7. The van der Waals surface area contributed by atoms with Crippen LogP contribution in [-0.2, 0) is 6.42 Å². The summed E-state index contributed by atoms with van der Waals surface area (Å²) in [4.78, 5) is 23.5. The molecular weight excluding hydrogens is 234 g/mol. The van der Waals surface area contributed by atoms with Crippen LogP contribution in [0.1, 0.15) is 22.3 Å². The molecule has 0 spiro atoms. The van der Waals surface area contributed by atoms with E-state index in [0.29, 0.717) is 17.5 Å². The van der Waals surface area contributed by atoms with Crippen LogP contribution in [0, 0.1) is 10.1 Å². The van der Waals surface area contributed by atoms with Gasteiger partial charge in [-0.25, -0.2) is 0 Å². The lowest BCUT2D eigenvalue weighted by Crippen LogP contribution is -2.16. The number of hydrogen-bond donors (Lipinski definition) is 1. The number of nitrogens with two attached hydrogens (primary N) is 1. The number of primary amides is 1. The van der Waals surface area contributed by atoms with Gasteiger partial charge in [0.05, 0.1) is 4.92 Å². The molecule has 0 aliphatic heterocycles. The van der Waals surface area contributed by atoms with Gasteiger partial charge in [-0.1, -0.05) is 0 Å². The van der Waals surface area contributed by atoms with Gasteiger partial charge in [-0.3, -0.25) is 14.9 Å². The molecule has 0 aliphatic rings. The van der Waals surface area contributed by atoms with Gasteiger partial charge in [0.2, 0.25) is 5.91 Å². The summed E-state index contributed by atoms with van der Waals surface area (Å²) in [6.07, 6.45) is 1.41. The van der Waals surface area contributed by atoms with Crippen LogP contribution in [0.15, 0.2) is 18.2 Å². The van der Waals surface area contributed by atoms with Crippen LogP contribution in [0.3, 0.4) is 0 Å². The third-order valence-corrected chi connectivity index (χ3v) is 2.62. The highest BCUT2D eigenvalue weighted by Crippen LogP contribution is 2.19. The lowest BCUT2D eigenvalue weighted by Gasteiger charge is -2.10. The molecule has 18 heavy (non-hydrogen) atoms. The van der Waals surface area contributed by atoms with Gasteiger partial charge in [0, 0.05) is 17.7 Å². The fraction of sp³-hybridized carbons (Fsp3) is 0.417. The second-order valence-corrected chi connectivity index (χ2v) is 4.37. The molecule has 0 saturated heterocycles. The molecule has 0 heterocycles. The summed E-state index contributed by atoms with van der Waals surface area (Å²) in [6, 6.07) is 4.15. The first kappa shape index (κ1) is 14.1. The topological polar surface area (TPSA) is 89.5 Å². The van der Waals surface area contributed by atoms with E-state index in [9.17, 15) is 14.9 Å². The normalized spacial score (nSPS) is 10.6. The summed E-state index contributed by atoms with van der Waals surface area (Å²) in [6.45, 7) is 0.848. The molecular formula is C12H17N3O3. The quantitative estimate of drug-likeness (QED) is 0.607. The molecule has 0 bridgehead atoms. The Bertz CT molecular complexity index is 458. The number of aryl methyl sites for hydroxylation is 1. The van der Waals surface area contributed by atoms with Crippen LogP contribution < -0.4 is 5.73 Å². The number of nitro groups is 1. The zero-order valence-electron chi connectivity index (χ0n) is 10.5. The monoisotopic (exact) mass is 251 g/mol. The number of nitrogens with zero attached hydrogens (tertiary/aromatic N) is 2. The summed E-state index contributed by atoms with van der Waals surface area (Å²) in [5.74, 6) is -0.551. The number of hydrogen-bond acceptors (Lipinski definition) is 4. The van der Waals surface area contributed by atoms with Gasteiger partial charge in [0.25, 0.3) is 5.69 Å². The molecule has 1 rings (SSSR count). The van der Waals surface area contributed by atoms with Gasteiger partial charge in [-0.15, -0.1) is 0 Å². The standard InChI is InChI=1S/C12H17N3O3/c1-14(2)7-3-4-9-8-10(15(17)18)5-6-11(9)12(13)16/h5-6,8H,3-4,7H2,1-2H3,(H2,13,16). The molecule has 1 amide bonds. The average molecular weight is 251 g/mol. The van der Waals surface area contributed by atoms with Crippen LogP contribution in [0.5, 0.6) is 0 Å². The minimum atomic E-state index is -0.551. The zero-order chi connectivity index (χ0) is 13.7. The zero-order valence-corrected chi connectivity index (χ0v) is 10.5. The highest BCUT2D eigenvalue weighted by molar-refractivity contribution is 5.94. The van der Waals surface area contributed by atoms with E-state index in [1.165, 1.54) is 18.2 Å². The lowest BCUT2D eigenvalue weighted by molar-refractivity contribution is -0.384. The fourth-order valence-electron chi connectivity index (χ4n) is 1.73. The molecule has 6 nitrogen and oxygen atoms in total. The molecule has 0 aromatic heterocycles. The third kappa shape index (κ3) is 3.81. The van der Waals surface area contributed by atoms with Crippen molar-refractivity contribution in [2.45, 2.75) is 12.8 Å². The van der Waals surface area contributed by atoms with Gasteiger partial charge in [0.1, 0.15) is 0 Å². The largest absolute Gasteiger partial charge is 0.366 e. The Kier molecular flexibility index (Phi) is 4.79. The number of carbonyl (C=O) groups excluding carboxylic acids is 1. The van der Waals surface area contributed by atoms with E-state index >= 15 is 0 Å². The Balaban J connectivity index is 2.93. The van der Waals surface area contributed by atoms with E-state index in [1.54, 1.807) is 0 Å². The molecule has 1 aromatic carbocycles. The van der Waals surface area contributed by atoms with Gasteiger partial charge in [-0.2, -0.15) is 0 Å². The molecule has 0 atom stereocenters. The molecule has 0 aliphatic carbocycles. The predicted molar refractivity (Wildman–Crippen MR) is 68.5 cm³/mol. The Morgan fingerprint density at radius 2 is 2.11 bits per heavy atom. The number of carbonyl (C=O) groups is 1. The van der Waals surface area contributed by atoms with Crippen LogP contribution >= 0.6 is 0 Å². The van der Waals surface area contributed by atoms with E-state index in [4.69, 9.17) is 5.73 Å². The van der Waals surface area contributed by atoms with E-state index in [2.05, 4.69) is 0 Å². The highest BCUT2D eigenvalue weighted by atomic mass is 16.6. The van der Waals surface area contributed by atoms with Gasteiger partial charge >= 0.3 is 0 Å². The minimum Gasteiger partial charge on any atom is -0.366 e. The Morgan fingerprint density at radius 1 is 1.44 bits per heavy atom. The predicted octanol–water partition coefficient (Wildman–Crippen LogP) is 1.19. The fourth-order valence-corrected chi connectivity index (χ4v) is 1.73. The summed E-state index contributed by atoms with van der Waals surface area (Å²) in [7, 11) is 3.89. The molecule has 1 aromatic rings. The number of benzene rings is 1. The number of non-ortho nitro benzene ring substituents is 1. The maximum atomic E-state index is 11.2. The summed E-state index contributed by atoms with van der Waals surface area (Å²) in [5.41, 5.74) is 6.24. The molecule has 2 N–H and O–H groups in total. The van der Waals surface area contributed by atoms with Gasteiger partial charge in [-0.05, 0) is 45.1 Å². The number of amides is 1. The first-order valence-electron chi connectivity index (χ1n) is 5.63. The molecule has 0 radical (unpaired) electrons. The SMILES string of the molecule is CN(C)CCCc1cc([N+](=O)[O-])ccc1C(N)=O. The lowest BCUT2D eigenvalue weighted by atomic mass is 10.0. The van der Waals surface area contributed by atoms with Crippen molar-refractivity contribution in [3.8, 4) is 0 Å². The summed E-state index contributed by atoms with van der Waals surface area (Å²) >= 11 is 0. The molecule has 0 unspecified atom stereocenters. The van der Waals surface area contributed by atoms with Gasteiger partial charge < -0.3 is 10.6 Å². The maximum Gasteiger partial charge on any atom is 0.269 e. The van der Waals surface area contributed by atoms with Crippen molar-refractivity contribution in [2.24, 2.45) is 5.73 Å². The van der Waals surface area contributed by atoms with Crippen LogP contribution in [0.25, 0.3) is 0 Å². The van der Waals surface area contributed by atoms with Crippen LogP contribution in [0.4, 0.5) is 5.69 Å². The van der Waals surface area contributed by atoms with Crippen molar-refractivity contribution >= 4 is 11.6 Å². The smallest absolute Gasteiger partial charge is 0.269 e. The summed E-state index contributed by atoms with van der Waals surface area (Å²) < 4.78 is 0. The first-order valence-corrected chi connectivity index (χ1v) is 5.63. The molecule has 0 saturated carbocycles. The van der Waals surface area contributed by atoms with Crippen molar-refractivity contribution in [2.75, 3.05) is 20.6 Å². The van der Waals surface area contributed by atoms with E-state index in [-0.39, 0.29) is 5.69 Å².